The van der Waals surface area contributed by atoms with Crippen molar-refractivity contribution in [1.82, 2.24) is 4.31 Å². The van der Waals surface area contributed by atoms with Crippen LogP contribution in [0.5, 0.6) is 5.75 Å². The highest BCUT2D eigenvalue weighted by atomic mass is 35.5. The standard InChI is InChI=1S/C27H27Cl2N3O6S2/c1-38-26-9-8-23(17-24(26)29)39(34,35)31-13-10-19(11-14-31)27(33)30-21-5-2-18-12-15-32(25(18)16-21)40(36,37)22-6-3-20(28)4-7-22/h2-9,16-17,19H,10-15H2,1H3,(H,30,33). The Morgan fingerprint density at radius 2 is 1.55 bits per heavy atom. The average Bonchev–Trinajstić information content (AvgIpc) is 3.37. The molecule has 9 nitrogen and oxygen atoms in total. The molecule has 2 aliphatic rings. The molecule has 212 valence electrons. The molecule has 3 aromatic rings. The van der Waals surface area contributed by atoms with E-state index in [0.717, 1.165) is 5.56 Å². The van der Waals surface area contributed by atoms with E-state index in [4.69, 9.17) is 27.9 Å². The maximum atomic E-state index is 13.3. The molecule has 1 N–H and O–H groups in total. The second-order valence-corrected chi connectivity index (χ2v) is 14.2. The summed E-state index contributed by atoms with van der Waals surface area (Å²) in [5.74, 6) is -0.254. The van der Waals surface area contributed by atoms with Crippen molar-refractivity contribution in [2.45, 2.75) is 29.1 Å². The summed E-state index contributed by atoms with van der Waals surface area (Å²) in [5.41, 5.74) is 1.87. The van der Waals surface area contributed by atoms with Crippen molar-refractivity contribution < 1.29 is 26.4 Å². The first-order valence-corrected chi connectivity index (χ1v) is 16.2. The molecule has 0 aliphatic carbocycles. The first kappa shape index (κ1) is 28.7. The van der Waals surface area contributed by atoms with Crippen molar-refractivity contribution in [2.24, 2.45) is 5.92 Å². The minimum atomic E-state index is -3.80. The third kappa shape index (κ3) is 5.53. The van der Waals surface area contributed by atoms with E-state index in [2.05, 4.69) is 5.32 Å². The van der Waals surface area contributed by atoms with Gasteiger partial charge in [0, 0.05) is 36.3 Å². The summed E-state index contributed by atoms with van der Waals surface area (Å²) >= 11 is 12.0. The molecular formula is C27H27Cl2N3O6S2. The number of anilines is 2. The maximum absolute atomic E-state index is 13.3. The minimum Gasteiger partial charge on any atom is -0.495 e. The molecule has 0 bridgehead atoms. The molecule has 0 saturated carbocycles. The van der Waals surface area contributed by atoms with Crippen LogP contribution in [0.2, 0.25) is 10.0 Å². The zero-order valence-corrected chi connectivity index (χ0v) is 24.7. The van der Waals surface area contributed by atoms with Gasteiger partial charge in [-0.05, 0) is 79.4 Å². The lowest BCUT2D eigenvalue weighted by atomic mass is 9.97. The van der Waals surface area contributed by atoms with Crippen molar-refractivity contribution in [2.75, 3.05) is 36.4 Å². The molecule has 3 aromatic carbocycles. The number of carbonyl (C=O) groups excluding carboxylic acids is 1. The lowest BCUT2D eigenvalue weighted by Gasteiger charge is -2.30. The molecule has 0 atom stereocenters. The number of hydrogen-bond donors (Lipinski definition) is 1. The van der Waals surface area contributed by atoms with Crippen molar-refractivity contribution in [3.63, 3.8) is 0 Å². The van der Waals surface area contributed by atoms with Gasteiger partial charge in [-0.15, -0.1) is 0 Å². The molecule has 0 unspecified atom stereocenters. The van der Waals surface area contributed by atoms with Crippen LogP contribution in [-0.4, -0.2) is 53.8 Å². The van der Waals surface area contributed by atoms with E-state index in [9.17, 15) is 21.6 Å². The number of benzene rings is 3. The molecule has 1 fully saturated rings. The van der Waals surface area contributed by atoms with Crippen LogP contribution in [-0.2, 0) is 31.3 Å². The van der Waals surface area contributed by atoms with Crippen LogP contribution < -0.4 is 14.4 Å². The number of ether oxygens (including phenoxy) is 1. The Labute approximate surface area is 243 Å². The number of carbonyl (C=O) groups is 1. The Balaban J connectivity index is 1.25. The van der Waals surface area contributed by atoms with Gasteiger partial charge in [-0.25, -0.2) is 16.8 Å². The zero-order chi connectivity index (χ0) is 28.7. The molecule has 1 amide bonds. The molecule has 2 aliphatic heterocycles. The smallest absolute Gasteiger partial charge is 0.264 e. The molecule has 0 aromatic heterocycles. The molecular weight excluding hydrogens is 597 g/mol. The van der Waals surface area contributed by atoms with Crippen LogP contribution in [0.1, 0.15) is 18.4 Å². The summed E-state index contributed by atoms with van der Waals surface area (Å²) in [6.07, 6.45) is 1.25. The normalized spacial score (nSPS) is 16.5. The van der Waals surface area contributed by atoms with Gasteiger partial charge in [0.25, 0.3) is 10.0 Å². The summed E-state index contributed by atoms with van der Waals surface area (Å²) in [4.78, 5) is 13.3. The number of sulfonamides is 2. The SMILES string of the molecule is COc1ccc(S(=O)(=O)N2CCC(C(=O)Nc3ccc4c(c3)N(S(=O)(=O)c3ccc(Cl)cc3)CC4)CC2)cc1Cl. The Hall–Kier alpha value is -2.83. The van der Waals surface area contributed by atoms with Crippen LogP contribution in [0.15, 0.2) is 70.5 Å². The maximum Gasteiger partial charge on any atom is 0.264 e. The van der Waals surface area contributed by atoms with E-state index in [0.29, 0.717) is 48.0 Å². The van der Waals surface area contributed by atoms with Gasteiger partial charge in [0.2, 0.25) is 15.9 Å². The van der Waals surface area contributed by atoms with Gasteiger partial charge in [-0.2, -0.15) is 4.31 Å². The van der Waals surface area contributed by atoms with Crippen LogP contribution in [0.4, 0.5) is 11.4 Å². The summed E-state index contributed by atoms with van der Waals surface area (Å²) < 4.78 is 60.6. The van der Waals surface area contributed by atoms with E-state index in [1.54, 1.807) is 12.1 Å². The van der Waals surface area contributed by atoms with Crippen LogP contribution in [0.25, 0.3) is 0 Å². The number of nitrogens with zero attached hydrogens (tertiary/aromatic N) is 2. The van der Waals surface area contributed by atoms with Gasteiger partial charge in [0.05, 0.1) is 27.6 Å². The minimum absolute atomic E-state index is 0.0671. The predicted octanol–water partition coefficient (Wildman–Crippen LogP) is 4.79. The summed E-state index contributed by atoms with van der Waals surface area (Å²) in [5, 5.41) is 3.53. The number of piperidine rings is 1. The Kier molecular flexibility index (Phi) is 8.04. The first-order chi connectivity index (χ1) is 19.0. The fraction of sp³-hybridized carbons (Fsp3) is 0.296. The molecule has 40 heavy (non-hydrogen) atoms. The lowest BCUT2D eigenvalue weighted by molar-refractivity contribution is -0.120. The lowest BCUT2D eigenvalue weighted by Crippen LogP contribution is -2.41. The van der Waals surface area contributed by atoms with Crippen molar-refractivity contribution in [3.8, 4) is 5.75 Å². The van der Waals surface area contributed by atoms with E-state index < -0.39 is 26.0 Å². The second kappa shape index (κ2) is 11.2. The Morgan fingerprint density at radius 3 is 2.20 bits per heavy atom. The number of hydrogen-bond acceptors (Lipinski definition) is 6. The van der Waals surface area contributed by atoms with Gasteiger partial charge in [-0.1, -0.05) is 29.3 Å². The fourth-order valence-electron chi connectivity index (χ4n) is 4.97. The van der Waals surface area contributed by atoms with Gasteiger partial charge < -0.3 is 10.1 Å². The predicted molar refractivity (Wildman–Crippen MR) is 154 cm³/mol. The van der Waals surface area contributed by atoms with E-state index in [1.807, 2.05) is 6.07 Å². The number of amides is 1. The first-order valence-electron chi connectivity index (χ1n) is 12.6. The van der Waals surface area contributed by atoms with Gasteiger partial charge in [0.15, 0.2) is 0 Å². The number of methoxy groups -OCH3 is 1. The fourth-order valence-corrected chi connectivity index (χ4v) is 8.41. The molecule has 2 heterocycles. The third-order valence-electron chi connectivity index (χ3n) is 7.19. The highest BCUT2D eigenvalue weighted by Crippen LogP contribution is 2.36. The van der Waals surface area contributed by atoms with Crippen molar-refractivity contribution in [1.29, 1.82) is 0 Å². The van der Waals surface area contributed by atoms with Crippen molar-refractivity contribution in [3.05, 3.63) is 76.3 Å². The quantitative estimate of drug-likeness (QED) is 0.405. The van der Waals surface area contributed by atoms with Crippen LogP contribution in [0, 0.1) is 5.92 Å². The van der Waals surface area contributed by atoms with Gasteiger partial charge in [-0.3, -0.25) is 9.10 Å². The summed E-state index contributed by atoms with van der Waals surface area (Å²) in [6, 6.07) is 15.6. The number of rotatable bonds is 7. The number of halogens is 2. The molecule has 0 spiro atoms. The van der Waals surface area contributed by atoms with E-state index in [-0.39, 0.29) is 33.8 Å². The van der Waals surface area contributed by atoms with Gasteiger partial charge in [0.1, 0.15) is 5.75 Å². The van der Waals surface area contributed by atoms with E-state index >= 15 is 0 Å². The Bertz CT molecular complexity index is 1660. The molecule has 1 saturated heterocycles. The van der Waals surface area contributed by atoms with Gasteiger partial charge >= 0.3 is 0 Å². The highest BCUT2D eigenvalue weighted by molar-refractivity contribution is 7.92. The second-order valence-electron chi connectivity index (χ2n) is 9.59. The van der Waals surface area contributed by atoms with Crippen LogP contribution in [0.3, 0.4) is 0 Å². The third-order valence-corrected chi connectivity index (χ3v) is 11.5. The zero-order valence-electron chi connectivity index (χ0n) is 21.5. The molecule has 0 radical (unpaired) electrons. The monoisotopic (exact) mass is 623 g/mol. The molecule has 13 heteroatoms. The topological polar surface area (TPSA) is 113 Å². The number of nitrogens with one attached hydrogen (secondary N) is 1. The highest BCUT2D eigenvalue weighted by Gasteiger charge is 2.34. The number of fused-ring (bicyclic) bond motifs is 1. The summed E-state index contributed by atoms with van der Waals surface area (Å²) in [6.45, 7) is 0.659. The largest absolute Gasteiger partial charge is 0.495 e. The molecule has 5 rings (SSSR count). The van der Waals surface area contributed by atoms with Crippen molar-refractivity contribution >= 4 is 60.5 Å². The summed E-state index contributed by atoms with van der Waals surface area (Å²) in [7, 11) is -6.13. The van der Waals surface area contributed by atoms with Crippen LogP contribution >= 0.6 is 23.2 Å². The Morgan fingerprint density at radius 1 is 0.875 bits per heavy atom. The average molecular weight is 625 g/mol. The van der Waals surface area contributed by atoms with E-state index in [1.165, 1.54) is 58.2 Å².